The lowest BCUT2D eigenvalue weighted by Gasteiger charge is -2.47. The van der Waals surface area contributed by atoms with Gasteiger partial charge >= 0.3 is 0 Å². The Balaban J connectivity index is 0.00000128. The Morgan fingerprint density at radius 2 is 1.75 bits per heavy atom. The van der Waals surface area contributed by atoms with Crippen molar-refractivity contribution in [3.63, 3.8) is 0 Å². The van der Waals surface area contributed by atoms with Gasteiger partial charge in [0.25, 0.3) is 0 Å². The van der Waals surface area contributed by atoms with Crippen LogP contribution in [0.4, 0.5) is 0 Å². The summed E-state index contributed by atoms with van der Waals surface area (Å²) >= 11 is 2.13. The Bertz CT molecular complexity index is 208. The maximum atomic E-state index is 3.96. The zero-order valence-electron chi connectivity index (χ0n) is 10.1. The van der Waals surface area contributed by atoms with Crippen LogP contribution in [0.3, 0.4) is 0 Å². The van der Waals surface area contributed by atoms with Gasteiger partial charge in [0.15, 0.2) is 0 Å². The molecule has 2 fully saturated rings. The molecule has 2 aliphatic rings. The summed E-state index contributed by atoms with van der Waals surface area (Å²) in [6, 6.07) is 0. The smallest absolute Gasteiger partial charge is 0.0259 e. The summed E-state index contributed by atoms with van der Waals surface area (Å²) in [6.07, 6.45) is 10.4. The van der Waals surface area contributed by atoms with Crippen LogP contribution >= 0.6 is 24.2 Å². The molecule has 2 rings (SSSR count). The van der Waals surface area contributed by atoms with E-state index >= 15 is 0 Å². The summed E-state index contributed by atoms with van der Waals surface area (Å²) in [4.78, 5) is 2.78. The zero-order valence-corrected chi connectivity index (χ0v) is 11.8. The van der Waals surface area contributed by atoms with E-state index in [1.165, 1.54) is 63.1 Å². The second-order valence-electron chi connectivity index (χ2n) is 4.88. The third-order valence-corrected chi connectivity index (χ3v) is 4.96. The van der Waals surface area contributed by atoms with Crippen LogP contribution in [0.1, 0.15) is 38.5 Å². The van der Waals surface area contributed by atoms with Crippen molar-refractivity contribution in [2.45, 2.75) is 44.1 Å². The third kappa shape index (κ3) is 3.18. The second kappa shape index (κ2) is 6.93. The number of piperidine rings is 1. The van der Waals surface area contributed by atoms with Gasteiger partial charge in [-0.15, -0.1) is 19.0 Å². The number of nitrogens with zero attached hydrogens (tertiary/aromatic N) is 1. The average molecular weight is 262 g/mol. The van der Waals surface area contributed by atoms with E-state index in [4.69, 9.17) is 0 Å². The van der Waals surface area contributed by atoms with Gasteiger partial charge in [-0.25, -0.2) is 0 Å². The molecule has 94 valence electrons. The third-order valence-electron chi connectivity index (χ3n) is 3.97. The molecule has 0 saturated carbocycles. The Morgan fingerprint density at radius 3 is 2.31 bits per heavy atom. The molecule has 3 heteroatoms. The van der Waals surface area contributed by atoms with Crippen LogP contribution in [0.25, 0.3) is 0 Å². The SMILES string of the molecule is C=CCC1(N2CCCCC2)CCSCC1.Cl. The molecule has 0 bridgehead atoms. The molecule has 0 atom stereocenters. The minimum Gasteiger partial charge on any atom is -0.297 e. The van der Waals surface area contributed by atoms with Crippen LogP contribution in [0, 0.1) is 0 Å². The maximum Gasteiger partial charge on any atom is 0.0259 e. The number of rotatable bonds is 3. The summed E-state index contributed by atoms with van der Waals surface area (Å²) in [5.41, 5.74) is 0.493. The van der Waals surface area contributed by atoms with Crippen molar-refractivity contribution < 1.29 is 0 Å². The molecular weight excluding hydrogens is 238 g/mol. The average Bonchev–Trinajstić information content (AvgIpc) is 2.32. The van der Waals surface area contributed by atoms with Gasteiger partial charge in [0.1, 0.15) is 0 Å². The first kappa shape index (κ1) is 14.4. The van der Waals surface area contributed by atoms with Crippen LogP contribution < -0.4 is 0 Å². The van der Waals surface area contributed by atoms with Crippen LogP contribution in [-0.4, -0.2) is 35.0 Å². The zero-order chi connectivity index (χ0) is 10.6. The molecule has 0 amide bonds. The van der Waals surface area contributed by atoms with E-state index in [1.54, 1.807) is 0 Å². The number of thioether (sulfide) groups is 1. The molecule has 0 aromatic rings. The molecule has 0 radical (unpaired) electrons. The van der Waals surface area contributed by atoms with Gasteiger partial charge in [-0.1, -0.05) is 12.5 Å². The fourth-order valence-corrected chi connectivity index (χ4v) is 4.29. The van der Waals surface area contributed by atoms with Crippen molar-refractivity contribution in [2.75, 3.05) is 24.6 Å². The highest BCUT2D eigenvalue weighted by Gasteiger charge is 2.37. The van der Waals surface area contributed by atoms with Crippen LogP contribution in [0.15, 0.2) is 12.7 Å². The van der Waals surface area contributed by atoms with Crippen molar-refractivity contribution in [2.24, 2.45) is 0 Å². The van der Waals surface area contributed by atoms with Gasteiger partial charge in [0, 0.05) is 5.54 Å². The predicted molar refractivity (Wildman–Crippen MR) is 76.8 cm³/mol. The van der Waals surface area contributed by atoms with E-state index in [9.17, 15) is 0 Å². The van der Waals surface area contributed by atoms with Crippen LogP contribution in [0.2, 0.25) is 0 Å². The lowest BCUT2D eigenvalue weighted by atomic mass is 9.85. The standard InChI is InChI=1S/C13H23NS.ClH/c1-2-6-13(7-11-15-12-8-13)14-9-4-3-5-10-14;/h2H,1,3-12H2;1H. The molecule has 0 unspecified atom stereocenters. The molecule has 0 spiro atoms. The molecule has 1 nitrogen and oxygen atoms in total. The van der Waals surface area contributed by atoms with Crippen molar-refractivity contribution >= 4 is 24.2 Å². The molecule has 0 aromatic heterocycles. The fraction of sp³-hybridized carbons (Fsp3) is 0.846. The normalized spacial score (nSPS) is 25.8. The highest BCUT2D eigenvalue weighted by molar-refractivity contribution is 7.99. The molecule has 0 aromatic carbocycles. The van der Waals surface area contributed by atoms with Crippen LogP contribution in [0.5, 0.6) is 0 Å². The first-order valence-electron chi connectivity index (χ1n) is 6.31. The van der Waals surface area contributed by atoms with E-state index in [1.807, 2.05) is 0 Å². The van der Waals surface area contributed by atoms with Gasteiger partial charge < -0.3 is 0 Å². The second-order valence-corrected chi connectivity index (χ2v) is 6.10. The summed E-state index contributed by atoms with van der Waals surface area (Å²) < 4.78 is 0. The first-order valence-corrected chi connectivity index (χ1v) is 7.47. The van der Waals surface area contributed by atoms with Gasteiger partial charge in [0.05, 0.1) is 0 Å². The lowest BCUT2D eigenvalue weighted by molar-refractivity contribution is 0.0600. The molecule has 2 aliphatic heterocycles. The Labute approximate surface area is 110 Å². The number of hydrogen-bond acceptors (Lipinski definition) is 2. The summed E-state index contributed by atoms with van der Waals surface area (Å²) in [7, 11) is 0. The van der Waals surface area contributed by atoms with Gasteiger partial charge in [-0.3, -0.25) is 4.90 Å². The quantitative estimate of drug-likeness (QED) is 0.712. The highest BCUT2D eigenvalue weighted by atomic mass is 35.5. The van der Waals surface area contributed by atoms with E-state index in [2.05, 4.69) is 29.3 Å². The largest absolute Gasteiger partial charge is 0.297 e. The van der Waals surface area contributed by atoms with E-state index in [0.29, 0.717) is 5.54 Å². The number of likely N-dealkylation sites (tertiary alicyclic amines) is 1. The molecule has 0 N–H and O–H groups in total. The fourth-order valence-electron chi connectivity index (χ4n) is 3.04. The van der Waals surface area contributed by atoms with Crippen LogP contribution in [-0.2, 0) is 0 Å². The summed E-state index contributed by atoms with van der Waals surface area (Å²) in [5, 5.41) is 0. The minimum atomic E-state index is 0. The number of hydrogen-bond donors (Lipinski definition) is 0. The van der Waals surface area contributed by atoms with E-state index in [-0.39, 0.29) is 12.4 Å². The molecule has 2 heterocycles. The van der Waals surface area contributed by atoms with Crippen molar-refractivity contribution in [1.82, 2.24) is 4.90 Å². The Hall–Kier alpha value is 0.340. The molecule has 2 saturated heterocycles. The van der Waals surface area contributed by atoms with E-state index < -0.39 is 0 Å². The predicted octanol–water partition coefficient (Wildman–Crippen LogP) is 3.74. The van der Waals surface area contributed by atoms with Crippen molar-refractivity contribution in [3.05, 3.63) is 12.7 Å². The molecular formula is C13H24ClNS. The van der Waals surface area contributed by atoms with Crippen molar-refractivity contribution in [1.29, 1.82) is 0 Å². The van der Waals surface area contributed by atoms with Gasteiger partial charge in [-0.05, 0) is 56.7 Å². The molecule has 0 aliphatic carbocycles. The molecule has 16 heavy (non-hydrogen) atoms. The minimum absolute atomic E-state index is 0. The lowest BCUT2D eigenvalue weighted by Crippen LogP contribution is -2.52. The number of halogens is 1. The topological polar surface area (TPSA) is 3.24 Å². The Kier molecular flexibility index (Phi) is 6.23. The van der Waals surface area contributed by atoms with Gasteiger partial charge in [-0.2, -0.15) is 11.8 Å². The van der Waals surface area contributed by atoms with Gasteiger partial charge in [0.2, 0.25) is 0 Å². The van der Waals surface area contributed by atoms with Crippen molar-refractivity contribution in [3.8, 4) is 0 Å². The Morgan fingerprint density at radius 1 is 1.12 bits per heavy atom. The summed E-state index contributed by atoms with van der Waals surface area (Å²) in [5.74, 6) is 2.70. The summed E-state index contributed by atoms with van der Waals surface area (Å²) in [6.45, 7) is 6.62. The highest BCUT2D eigenvalue weighted by Crippen LogP contribution is 2.37. The monoisotopic (exact) mass is 261 g/mol. The van der Waals surface area contributed by atoms with E-state index in [0.717, 1.165) is 0 Å². The first-order chi connectivity index (χ1) is 7.37. The maximum absolute atomic E-state index is 3.96.